The summed E-state index contributed by atoms with van der Waals surface area (Å²) in [7, 11) is 0. The molecule has 40 heavy (non-hydrogen) atoms. The molecule has 2 heterocycles. The van der Waals surface area contributed by atoms with Crippen LogP contribution in [0.3, 0.4) is 0 Å². The van der Waals surface area contributed by atoms with Crippen LogP contribution < -0.4 is 0 Å². The molecule has 5 heteroatoms. The van der Waals surface area contributed by atoms with Crippen LogP contribution in [-0.4, -0.2) is 24.9 Å². The molecule has 7 rings (SSSR count). The maximum atomic E-state index is 5.06. The smallest absolute Gasteiger partial charge is 0.165 e. The Morgan fingerprint density at radius 2 is 0.925 bits per heavy atom. The van der Waals surface area contributed by atoms with Crippen molar-refractivity contribution in [1.82, 2.24) is 24.9 Å². The lowest BCUT2D eigenvalue weighted by molar-refractivity contribution is 1.08. The van der Waals surface area contributed by atoms with E-state index in [0.717, 1.165) is 49.7 Å². The van der Waals surface area contributed by atoms with Gasteiger partial charge in [-0.2, -0.15) is 0 Å². The Hall–Kier alpha value is -5.55. The van der Waals surface area contributed by atoms with E-state index in [4.69, 9.17) is 15.0 Å². The average molecular weight is 514 g/mol. The summed E-state index contributed by atoms with van der Waals surface area (Å²) < 4.78 is 0. The molecule has 7 aromatic rings. The van der Waals surface area contributed by atoms with Gasteiger partial charge in [0.05, 0.1) is 0 Å². The van der Waals surface area contributed by atoms with Crippen molar-refractivity contribution < 1.29 is 0 Å². The molecular formula is C35H23N5. The fraction of sp³-hybridized carbons (Fsp3) is 0. The Morgan fingerprint density at radius 3 is 1.57 bits per heavy atom. The highest BCUT2D eigenvalue weighted by molar-refractivity contribution is 6.03. The van der Waals surface area contributed by atoms with Crippen LogP contribution in [0.25, 0.3) is 67.2 Å². The van der Waals surface area contributed by atoms with Gasteiger partial charge in [-0.05, 0) is 27.5 Å². The van der Waals surface area contributed by atoms with Gasteiger partial charge in [-0.15, -0.1) is 0 Å². The minimum atomic E-state index is 0.639. The second kappa shape index (κ2) is 10.3. The molecule has 0 saturated carbocycles. The minimum Gasteiger partial charge on any atom is -0.244 e. The van der Waals surface area contributed by atoms with Crippen molar-refractivity contribution in [2.75, 3.05) is 0 Å². The number of hydrogen-bond acceptors (Lipinski definition) is 5. The quantitative estimate of drug-likeness (QED) is 0.232. The predicted octanol–water partition coefficient (Wildman–Crippen LogP) is 8.15. The first-order valence-corrected chi connectivity index (χ1v) is 13.1. The monoisotopic (exact) mass is 513 g/mol. The molecule has 0 aliphatic heterocycles. The van der Waals surface area contributed by atoms with Gasteiger partial charge in [0, 0.05) is 34.6 Å². The first-order chi connectivity index (χ1) is 19.8. The van der Waals surface area contributed by atoms with E-state index in [1.165, 1.54) is 0 Å². The zero-order valence-corrected chi connectivity index (χ0v) is 21.5. The fourth-order valence-corrected chi connectivity index (χ4v) is 4.96. The number of fused-ring (bicyclic) bond motifs is 1. The first-order valence-electron chi connectivity index (χ1n) is 13.1. The van der Waals surface area contributed by atoms with E-state index in [9.17, 15) is 0 Å². The normalized spacial score (nSPS) is 11.0. The van der Waals surface area contributed by atoms with Crippen LogP contribution in [0.5, 0.6) is 0 Å². The third-order valence-corrected chi connectivity index (χ3v) is 6.94. The third kappa shape index (κ3) is 4.50. The van der Waals surface area contributed by atoms with Gasteiger partial charge in [0.25, 0.3) is 0 Å². The molecule has 0 fully saturated rings. The number of benzene rings is 5. The summed E-state index contributed by atoms with van der Waals surface area (Å²) in [5.41, 5.74) is 7.03. The largest absolute Gasteiger partial charge is 0.244 e. The Balaban J connectivity index is 1.46. The van der Waals surface area contributed by atoms with Crippen molar-refractivity contribution in [3.63, 3.8) is 0 Å². The van der Waals surface area contributed by atoms with E-state index in [0.29, 0.717) is 17.5 Å². The third-order valence-electron chi connectivity index (χ3n) is 6.94. The van der Waals surface area contributed by atoms with Gasteiger partial charge in [0.1, 0.15) is 6.33 Å². The van der Waals surface area contributed by atoms with Crippen molar-refractivity contribution in [3.8, 4) is 56.4 Å². The Bertz CT molecular complexity index is 1860. The van der Waals surface area contributed by atoms with Crippen LogP contribution >= 0.6 is 0 Å². The average Bonchev–Trinajstić information content (AvgIpc) is 3.05. The predicted molar refractivity (Wildman–Crippen MR) is 160 cm³/mol. The number of nitrogens with zero attached hydrogens (tertiary/aromatic N) is 5. The molecule has 0 saturated heterocycles. The molecule has 0 bridgehead atoms. The van der Waals surface area contributed by atoms with Crippen molar-refractivity contribution in [2.24, 2.45) is 0 Å². The highest BCUT2D eigenvalue weighted by Crippen LogP contribution is 2.38. The van der Waals surface area contributed by atoms with Crippen LogP contribution in [0.4, 0.5) is 0 Å². The number of aromatic nitrogens is 5. The summed E-state index contributed by atoms with van der Waals surface area (Å²) in [6.45, 7) is 0. The number of hydrogen-bond donors (Lipinski definition) is 0. The second-order valence-corrected chi connectivity index (χ2v) is 9.45. The highest BCUT2D eigenvalue weighted by Gasteiger charge is 2.18. The molecule has 2 aromatic heterocycles. The summed E-state index contributed by atoms with van der Waals surface area (Å²) in [5.74, 6) is 1.92. The molecule has 188 valence electrons. The minimum absolute atomic E-state index is 0.639. The topological polar surface area (TPSA) is 64.5 Å². The lowest BCUT2D eigenvalue weighted by Gasteiger charge is -2.15. The van der Waals surface area contributed by atoms with Gasteiger partial charge < -0.3 is 0 Å². The van der Waals surface area contributed by atoms with Crippen LogP contribution in [0.1, 0.15) is 0 Å². The van der Waals surface area contributed by atoms with Gasteiger partial charge in [0.2, 0.25) is 0 Å². The van der Waals surface area contributed by atoms with Gasteiger partial charge >= 0.3 is 0 Å². The summed E-state index contributed by atoms with van der Waals surface area (Å²) in [6, 6.07) is 41.3. The molecule has 0 unspecified atom stereocenters. The summed E-state index contributed by atoms with van der Waals surface area (Å²) in [6.07, 6.45) is 5.19. The molecule has 0 spiro atoms. The second-order valence-electron chi connectivity index (χ2n) is 9.45. The summed E-state index contributed by atoms with van der Waals surface area (Å²) >= 11 is 0. The molecule has 0 N–H and O–H groups in total. The lowest BCUT2D eigenvalue weighted by Crippen LogP contribution is -2.01. The van der Waals surface area contributed by atoms with E-state index in [1.54, 1.807) is 6.33 Å². The molecular weight excluding hydrogens is 490 g/mol. The van der Waals surface area contributed by atoms with Crippen molar-refractivity contribution in [2.45, 2.75) is 0 Å². The fourth-order valence-electron chi connectivity index (χ4n) is 4.96. The van der Waals surface area contributed by atoms with Crippen LogP contribution in [0, 0.1) is 0 Å². The first kappa shape index (κ1) is 23.6. The molecule has 0 aliphatic carbocycles. The van der Waals surface area contributed by atoms with Gasteiger partial charge in [-0.1, -0.05) is 121 Å². The van der Waals surface area contributed by atoms with Crippen molar-refractivity contribution in [3.05, 3.63) is 140 Å². The SMILES string of the molecule is c1ccc(-c2nc(-c3ccccc3)nc(-c3c(-c4ccc(-c5cncnc5)cc4)ccc4ccccc34)n2)cc1. The van der Waals surface area contributed by atoms with Crippen molar-refractivity contribution in [1.29, 1.82) is 0 Å². The molecule has 0 amide bonds. The standard InChI is InChI=1S/C35H23N5/c1-3-10-27(11-4-1)33-38-34(28-12-5-2-6-13-28)40-35(39-33)32-30-14-8-7-9-25(30)19-20-31(32)26-17-15-24(16-18-26)29-21-36-23-37-22-29/h1-23H. The van der Waals surface area contributed by atoms with E-state index < -0.39 is 0 Å². The Morgan fingerprint density at radius 1 is 0.375 bits per heavy atom. The lowest BCUT2D eigenvalue weighted by atomic mass is 9.92. The van der Waals surface area contributed by atoms with Crippen LogP contribution in [0.2, 0.25) is 0 Å². The molecule has 5 aromatic carbocycles. The van der Waals surface area contributed by atoms with Crippen molar-refractivity contribution >= 4 is 10.8 Å². The Labute approximate surface area is 231 Å². The van der Waals surface area contributed by atoms with E-state index in [-0.39, 0.29) is 0 Å². The van der Waals surface area contributed by atoms with Crippen LogP contribution in [-0.2, 0) is 0 Å². The molecule has 0 atom stereocenters. The molecule has 0 aliphatic rings. The van der Waals surface area contributed by atoms with Gasteiger partial charge in [-0.25, -0.2) is 24.9 Å². The summed E-state index contributed by atoms with van der Waals surface area (Å²) in [5, 5.41) is 2.21. The van der Waals surface area contributed by atoms with Gasteiger partial charge in [-0.3, -0.25) is 0 Å². The zero-order chi connectivity index (χ0) is 26.7. The van der Waals surface area contributed by atoms with E-state index >= 15 is 0 Å². The number of rotatable bonds is 5. The van der Waals surface area contributed by atoms with Gasteiger partial charge in [0.15, 0.2) is 17.5 Å². The molecule has 5 nitrogen and oxygen atoms in total. The zero-order valence-electron chi connectivity index (χ0n) is 21.5. The van der Waals surface area contributed by atoms with Crippen LogP contribution in [0.15, 0.2) is 140 Å². The maximum Gasteiger partial charge on any atom is 0.165 e. The van der Waals surface area contributed by atoms with E-state index in [1.807, 2.05) is 73.1 Å². The Kier molecular flexibility index (Phi) is 6.07. The maximum absolute atomic E-state index is 5.06. The summed E-state index contributed by atoms with van der Waals surface area (Å²) in [4.78, 5) is 23.3. The molecule has 0 radical (unpaired) electrons. The highest BCUT2D eigenvalue weighted by atomic mass is 15.0. The van der Waals surface area contributed by atoms with E-state index in [2.05, 4.69) is 70.6 Å².